The molecule has 164 valence electrons. The number of nitrogens with zero attached hydrogens (tertiary/aromatic N) is 3. The number of aryl methyl sites for hydroxylation is 3. The van der Waals surface area contributed by atoms with E-state index in [4.69, 9.17) is 0 Å². The van der Waals surface area contributed by atoms with E-state index in [9.17, 15) is 14.4 Å². The average Bonchev–Trinajstić information content (AvgIpc) is 2.95. The van der Waals surface area contributed by atoms with Crippen LogP contribution in [0.5, 0.6) is 0 Å². The number of fused-ring (bicyclic) bond motifs is 1. The Morgan fingerprint density at radius 3 is 2.31 bits per heavy atom. The van der Waals surface area contributed by atoms with E-state index in [-0.39, 0.29) is 23.4 Å². The maximum Gasteiger partial charge on any atom is 0.295 e. The van der Waals surface area contributed by atoms with Gasteiger partial charge in [-0.25, -0.2) is 4.68 Å². The van der Waals surface area contributed by atoms with Crippen molar-refractivity contribution in [2.75, 3.05) is 5.32 Å². The van der Waals surface area contributed by atoms with Gasteiger partial charge in [0.1, 0.15) is 12.2 Å². The molecule has 2 aromatic heterocycles. The second-order valence-electron chi connectivity index (χ2n) is 8.21. The predicted molar refractivity (Wildman–Crippen MR) is 127 cm³/mol. The van der Waals surface area contributed by atoms with Crippen LogP contribution >= 0.6 is 0 Å². The molecule has 32 heavy (non-hydrogen) atoms. The monoisotopic (exact) mass is 430 g/mol. The number of nitrogens with one attached hydrogen (secondary N) is 1. The molecule has 1 amide bonds. The molecule has 4 aromatic rings. The number of pyridine rings is 1. The Bertz CT molecular complexity index is 1470. The molecule has 7 nitrogen and oxygen atoms in total. The third-order valence-corrected chi connectivity index (χ3v) is 5.87. The maximum atomic E-state index is 13.1. The lowest BCUT2D eigenvalue weighted by atomic mass is 10.0. The molecule has 7 heteroatoms. The standard InChI is InChI=1S/C25H26N4O3/c1-15-11-17(3)24-20(12-15)16(2)13-22(31)28(24)14-21(30)26-23-18(4)27(5)29(25(23)32)19-9-7-6-8-10-19/h6-13H,14H2,1-5H3,(H,26,30). The topological polar surface area (TPSA) is 78.0 Å². The number of carbonyl (C=O) groups excluding carboxylic acids is 1. The van der Waals surface area contributed by atoms with Crippen molar-refractivity contribution < 1.29 is 4.79 Å². The van der Waals surface area contributed by atoms with Crippen molar-refractivity contribution in [3.8, 4) is 5.69 Å². The minimum atomic E-state index is -0.428. The summed E-state index contributed by atoms with van der Waals surface area (Å²) in [5.41, 5.74) is 4.60. The Hall–Kier alpha value is -3.87. The molecule has 0 atom stereocenters. The number of hydrogen-bond acceptors (Lipinski definition) is 3. The first-order valence-electron chi connectivity index (χ1n) is 10.4. The molecule has 4 rings (SSSR count). The summed E-state index contributed by atoms with van der Waals surface area (Å²) in [6, 6.07) is 14.8. The van der Waals surface area contributed by atoms with Gasteiger partial charge in [0.15, 0.2) is 0 Å². The molecule has 0 unspecified atom stereocenters. The zero-order valence-electron chi connectivity index (χ0n) is 18.9. The number of amides is 1. The number of carbonyl (C=O) groups is 1. The number of para-hydroxylation sites is 1. The fourth-order valence-electron chi connectivity index (χ4n) is 4.26. The van der Waals surface area contributed by atoms with Crippen LogP contribution in [0.3, 0.4) is 0 Å². The molecular formula is C25H26N4O3. The summed E-state index contributed by atoms with van der Waals surface area (Å²) >= 11 is 0. The summed E-state index contributed by atoms with van der Waals surface area (Å²) in [4.78, 5) is 38.8. The highest BCUT2D eigenvalue weighted by Crippen LogP contribution is 2.22. The van der Waals surface area contributed by atoms with Crippen LogP contribution in [0.2, 0.25) is 0 Å². The molecule has 2 aromatic carbocycles. The van der Waals surface area contributed by atoms with Gasteiger partial charge in [-0.1, -0.05) is 29.8 Å². The second kappa shape index (κ2) is 8.00. The van der Waals surface area contributed by atoms with Crippen LogP contribution in [-0.2, 0) is 18.4 Å². The summed E-state index contributed by atoms with van der Waals surface area (Å²) in [5, 5.41) is 3.68. The molecular weight excluding hydrogens is 404 g/mol. The van der Waals surface area contributed by atoms with E-state index < -0.39 is 5.91 Å². The van der Waals surface area contributed by atoms with Crippen molar-refractivity contribution in [2.24, 2.45) is 7.05 Å². The van der Waals surface area contributed by atoms with Crippen LogP contribution in [0.25, 0.3) is 16.6 Å². The lowest BCUT2D eigenvalue weighted by Crippen LogP contribution is -2.30. The van der Waals surface area contributed by atoms with E-state index in [2.05, 4.69) is 5.32 Å². The SMILES string of the molecule is Cc1cc(C)c2c(c1)c(C)cc(=O)n2CC(=O)Nc1c(C)n(C)n(-c2ccccc2)c1=O. The first-order valence-corrected chi connectivity index (χ1v) is 10.4. The molecule has 0 aliphatic rings. The van der Waals surface area contributed by atoms with Crippen molar-refractivity contribution in [3.63, 3.8) is 0 Å². The van der Waals surface area contributed by atoms with Crippen LogP contribution in [-0.4, -0.2) is 19.8 Å². The van der Waals surface area contributed by atoms with E-state index in [0.29, 0.717) is 11.4 Å². The number of rotatable bonds is 4. The molecule has 0 saturated heterocycles. The highest BCUT2D eigenvalue weighted by Gasteiger charge is 2.19. The fourth-order valence-corrected chi connectivity index (χ4v) is 4.26. The van der Waals surface area contributed by atoms with Gasteiger partial charge in [0, 0.05) is 18.5 Å². The quantitative estimate of drug-likeness (QED) is 0.539. The first kappa shape index (κ1) is 21.4. The largest absolute Gasteiger partial charge is 0.318 e. The normalized spacial score (nSPS) is 11.2. The van der Waals surface area contributed by atoms with E-state index in [1.54, 1.807) is 24.7 Å². The molecule has 0 saturated carbocycles. The summed E-state index contributed by atoms with van der Waals surface area (Å²) in [5.74, 6) is -0.428. The zero-order valence-corrected chi connectivity index (χ0v) is 18.9. The van der Waals surface area contributed by atoms with Crippen molar-refractivity contribution in [1.82, 2.24) is 13.9 Å². The third-order valence-electron chi connectivity index (χ3n) is 5.87. The van der Waals surface area contributed by atoms with Crippen LogP contribution in [0.1, 0.15) is 22.4 Å². The predicted octanol–water partition coefficient (Wildman–Crippen LogP) is 3.36. The van der Waals surface area contributed by atoms with Gasteiger partial charge >= 0.3 is 0 Å². The molecule has 2 heterocycles. The van der Waals surface area contributed by atoms with Gasteiger partial charge in [-0.15, -0.1) is 0 Å². The van der Waals surface area contributed by atoms with Crippen LogP contribution in [0.4, 0.5) is 5.69 Å². The molecule has 0 fully saturated rings. The maximum absolute atomic E-state index is 13.1. The Balaban J connectivity index is 1.73. The van der Waals surface area contributed by atoms with Crippen molar-refractivity contribution in [2.45, 2.75) is 34.2 Å². The van der Waals surface area contributed by atoms with Gasteiger partial charge in [0.2, 0.25) is 5.91 Å². The molecule has 0 radical (unpaired) electrons. The Morgan fingerprint density at radius 1 is 0.938 bits per heavy atom. The molecule has 0 bridgehead atoms. The summed E-state index contributed by atoms with van der Waals surface area (Å²) in [6.45, 7) is 7.42. The molecule has 0 spiro atoms. The minimum absolute atomic E-state index is 0.182. The van der Waals surface area contributed by atoms with E-state index in [1.165, 1.54) is 9.25 Å². The van der Waals surface area contributed by atoms with Crippen molar-refractivity contribution >= 4 is 22.5 Å². The van der Waals surface area contributed by atoms with Gasteiger partial charge in [-0.05, 0) is 57.0 Å². The first-order chi connectivity index (χ1) is 15.2. The van der Waals surface area contributed by atoms with Gasteiger partial charge < -0.3 is 5.32 Å². The summed E-state index contributed by atoms with van der Waals surface area (Å²) < 4.78 is 4.68. The number of benzene rings is 2. The van der Waals surface area contributed by atoms with Crippen LogP contribution in [0.15, 0.2) is 58.1 Å². The Kier molecular flexibility index (Phi) is 5.34. The summed E-state index contributed by atoms with van der Waals surface area (Å²) in [6.07, 6.45) is 0. The van der Waals surface area contributed by atoms with Crippen LogP contribution < -0.4 is 16.4 Å². The highest BCUT2D eigenvalue weighted by atomic mass is 16.2. The summed E-state index contributed by atoms with van der Waals surface area (Å²) in [7, 11) is 1.77. The molecule has 0 aliphatic heterocycles. The second-order valence-corrected chi connectivity index (χ2v) is 8.21. The van der Waals surface area contributed by atoms with Gasteiger partial charge in [0.05, 0.1) is 16.9 Å². The van der Waals surface area contributed by atoms with Gasteiger partial charge in [0.25, 0.3) is 11.1 Å². The fraction of sp³-hybridized carbons (Fsp3) is 0.240. The molecule has 1 N–H and O–H groups in total. The number of anilines is 1. The van der Waals surface area contributed by atoms with Crippen molar-refractivity contribution in [3.05, 3.63) is 91.6 Å². The zero-order chi connectivity index (χ0) is 23.2. The smallest absolute Gasteiger partial charge is 0.295 e. The lowest BCUT2D eigenvalue weighted by molar-refractivity contribution is -0.116. The van der Waals surface area contributed by atoms with Crippen molar-refractivity contribution in [1.29, 1.82) is 0 Å². The van der Waals surface area contributed by atoms with Gasteiger partial charge in [-0.2, -0.15) is 0 Å². The number of hydrogen-bond donors (Lipinski definition) is 1. The van der Waals surface area contributed by atoms with E-state index in [0.717, 1.165) is 27.6 Å². The number of aromatic nitrogens is 3. The average molecular weight is 431 g/mol. The van der Waals surface area contributed by atoms with Crippen LogP contribution in [0, 0.1) is 27.7 Å². The highest BCUT2D eigenvalue weighted by molar-refractivity contribution is 5.93. The minimum Gasteiger partial charge on any atom is -0.318 e. The third kappa shape index (κ3) is 3.56. The lowest BCUT2D eigenvalue weighted by Gasteiger charge is -2.15. The van der Waals surface area contributed by atoms with Gasteiger partial charge in [-0.3, -0.25) is 23.6 Å². The molecule has 0 aliphatic carbocycles. The Labute approximate surface area is 185 Å². The Morgan fingerprint density at radius 2 is 1.62 bits per heavy atom. The van der Waals surface area contributed by atoms with E-state index >= 15 is 0 Å². The van der Waals surface area contributed by atoms with E-state index in [1.807, 2.05) is 63.2 Å².